The Bertz CT molecular complexity index is 661. The highest BCUT2D eigenvalue weighted by molar-refractivity contribution is 7.99. The summed E-state index contributed by atoms with van der Waals surface area (Å²) in [4.78, 5) is 23.3. The molecule has 0 radical (unpaired) electrons. The highest BCUT2D eigenvalue weighted by Crippen LogP contribution is 2.21. The number of aromatic nitrogens is 3. The second kappa shape index (κ2) is 6.59. The number of amides is 1. The quantitative estimate of drug-likeness (QED) is 0.732. The van der Waals surface area contributed by atoms with Gasteiger partial charge in [-0.2, -0.15) is 15.0 Å². The predicted octanol–water partition coefficient (Wildman–Crippen LogP) is 1.73. The molecule has 7 nitrogen and oxygen atoms in total. The summed E-state index contributed by atoms with van der Waals surface area (Å²) in [5.41, 5.74) is 12.5. The van der Waals surface area contributed by atoms with Gasteiger partial charge in [0.2, 0.25) is 17.8 Å². The Morgan fingerprint density at radius 2 is 1.95 bits per heavy atom. The third-order valence-corrected chi connectivity index (χ3v) is 3.54. The smallest absolute Gasteiger partial charge is 0.234 e. The second-order valence-corrected chi connectivity index (χ2v) is 5.51. The van der Waals surface area contributed by atoms with Gasteiger partial charge in [0.1, 0.15) is 0 Å². The summed E-state index contributed by atoms with van der Waals surface area (Å²) in [5, 5.41) is 3.63. The van der Waals surface area contributed by atoms with Crippen LogP contribution in [0.5, 0.6) is 0 Å². The topological polar surface area (TPSA) is 120 Å². The minimum Gasteiger partial charge on any atom is -0.368 e. The lowest BCUT2D eigenvalue weighted by Gasteiger charge is -2.08. The molecule has 21 heavy (non-hydrogen) atoms. The molecule has 5 N–H and O–H groups in total. The van der Waals surface area contributed by atoms with E-state index < -0.39 is 0 Å². The summed E-state index contributed by atoms with van der Waals surface area (Å²) in [5.74, 6) is -0.0374. The number of aryl methyl sites for hydroxylation is 1. The molecular weight excluding hydrogens is 312 g/mol. The van der Waals surface area contributed by atoms with Gasteiger partial charge in [-0.1, -0.05) is 29.4 Å². The summed E-state index contributed by atoms with van der Waals surface area (Å²) in [7, 11) is 0. The maximum Gasteiger partial charge on any atom is 0.234 e. The van der Waals surface area contributed by atoms with E-state index in [0.29, 0.717) is 15.9 Å². The van der Waals surface area contributed by atoms with Crippen LogP contribution in [0.25, 0.3) is 0 Å². The third-order valence-electron chi connectivity index (χ3n) is 2.46. The van der Waals surface area contributed by atoms with E-state index in [1.165, 1.54) is 0 Å². The molecular formula is C12H13ClN6OS. The molecule has 9 heteroatoms. The highest BCUT2D eigenvalue weighted by atomic mass is 35.5. The number of benzene rings is 1. The summed E-state index contributed by atoms with van der Waals surface area (Å²) in [6, 6.07) is 5.29. The fourth-order valence-corrected chi connectivity index (χ4v) is 2.32. The molecule has 1 heterocycles. The molecule has 0 saturated carbocycles. The molecule has 0 fully saturated rings. The average molecular weight is 325 g/mol. The van der Waals surface area contributed by atoms with Gasteiger partial charge in [-0.05, 0) is 24.6 Å². The van der Waals surface area contributed by atoms with Gasteiger partial charge < -0.3 is 16.8 Å². The van der Waals surface area contributed by atoms with Gasteiger partial charge in [0.05, 0.1) is 5.75 Å². The number of carbonyl (C=O) groups is 1. The Kier molecular flexibility index (Phi) is 4.81. The first-order valence-corrected chi connectivity index (χ1v) is 7.26. The van der Waals surface area contributed by atoms with Gasteiger partial charge in [-0.15, -0.1) is 0 Å². The van der Waals surface area contributed by atoms with Crippen LogP contribution < -0.4 is 16.8 Å². The lowest BCUT2D eigenvalue weighted by Crippen LogP contribution is -2.15. The lowest BCUT2D eigenvalue weighted by molar-refractivity contribution is -0.113. The Labute approximate surface area is 130 Å². The zero-order valence-electron chi connectivity index (χ0n) is 11.1. The molecule has 0 bridgehead atoms. The van der Waals surface area contributed by atoms with Crippen molar-refractivity contribution in [3.05, 3.63) is 28.8 Å². The van der Waals surface area contributed by atoms with Crippen molar-refractivity contribution >= 4 is 46.9 Å². The number of carbonyl (C=O) groups excluding carboxylic acids is 1. The van der Waals surface area contributed by atoms with E-state index in [0.717, 1.165) is 17.3 Å². The summed E-state index contributed by atoms with van der Waals surface area (Å²) < 4.78 is 0. The van der Waals surface area contributed by atoms with E-state index >= 15 is 0 Å². The van der Waals surface area contributed by atoms with E-state index in [1.807, 2.05) is 13.0 Å². The molecule has 1 aromatic carbocycles. The Balaban J connectivity index is 1.97. The molecule has 2 rings (SSSR count). The molecule has 0 saturated heterocycles. The van der Waals surface area contributed by atoms with Crippen LogP contribution in [0.2, 0.25) is 5.02 Å². The zero-order valence-corrected chi connectivity index (χ0v) is 12.7. The fourth-order valence-electron chi connectivity index (χ4n) is 1.50. The largest absolute Gasteiger partial charge is 0.368 e. The molecule has 0 aliphatic rings. The number of anilines is 3. The minimum absolute atomic E-state index is 0.0242. The fraction of sp³-hybridized carbons (Fsp3) is 0.167. The molecule has 0 spiro atoms. The number of hydrogen-bond donors (Lipinski definition) is 3. The number of rotatable bonds is 4. The summed E-state index contributed by atoms with van der Waals surface area (Å²) in [6.07, 6.45) is 0. The Morgan fingerprint density at radius 1 is 1.29 bits per heavy atom. The third kappa shape index (κ3) is 4.47. The molecule has 0 unspecified atom stereocenters. The van der Waals surface area contributed by atoms with Gasteiger partial charge in [0, 0.05) is 10.7 Å². The van der Waals surface area contributed by atoms with Crippen molar-refractivity contribution in [2.75, 3.05) is 22.5 Å². The second-order valence-electron chi connectivity index (χ2n) is 4.13. The van der Waals surface area contributed by atoms with Crippen molar-refractivity contribution in [3.8, 4) is 0 Å². The van der Waals surface area contributed by atoms with E-state index in [-0.39, 0.29) is 23.6 Å². The normalized spacial score (nSPS) is 10.4. The molecule has 2 aromatic rings. The predicted molar refractivity (Wildman–Crippen MR) is 84.2 cm³/mol. The molecule has 0 aliphatic heterocycles. The van der Waals surface area contributed by atoms with Gasteiger partial charge >= 0.3 is 0 Å². The number of nitrogens with one attached hydrogen (secondary N) is 1. The van der Waals surface area contributed by atoms with Crippen LogP contribution in [0.4, 0.5) is 17.6 Å². The number of hydrogen-bond acceptors (Lipinski definition) is 7. The van der Waals surface area contributed by atoms with Crippen molar-refractivity contribution in [1.29, 1.82) is 0 Å². The summed E-state index contributed by atoms with van der Waals surface area (Å²) in [6.45, 7) is 1.88. The van der Waals surface area contributed by atoms with Crippen LogP contribution in [0, 0.1) is 6.92 Å². The van der Waals surface area contributed by atoms with Crippen LogP contribution in [-0.4, -0.2) is 26.6 Å². The SMILES string of the molecule is Cc1ccc(Cl)cc1NC(=O)CSc1nc(N)nc(N)n1. The molecule has 110 valence electrons. The monoisotopic (exact) mass is 324 g/mol. The van der Waals surface area contributed by atoms with E-state index in [9.17, 15) is 4.79 Å². The van der Waals surface area contributed by atoms with Gasteiger partial charge in [-0.3, -0.25) is 4.79 Å². The number of nitrogens with two attached hydrogens (primary N) is 2. The number of nitrogens with zero attached hydrogens (tertiary/aromatic N) is 3. The highest BCUT2D eigenvalue weighted by Gasteiger charge is 2.09. The number of thioether (sulfide) groups is 1. The van der Waals surface area contributed by atoms with Crippen LogP contribution in [0.1, 0.15) is 5.56 Å². The van der Waals surface area contributed by atoms with Crippen molar-refractivity contribution in [2.24, 2.45) is 0 Å². The number of nitrogen functional groups attached to an aromatic ring is 2. The van der Waals surface area contributed by atoms with Crippen LogP contribution in [0.15, 0.2) is 23.4 Å². The first kappa shape index (κ1) is 15.3. The lowest BCUT2D eigenvalue weighted by atomic mass is 10.2. The Morgan fingerprint density at radius 3 is 2.62 bits per heavy atom. The van der Waals surface area contributed by atoms with E-state index in [2.05, 4.69) is 20.3 Å². The van der Waals surface area contributed by atoms with Gasteiger partial charge in [0.15, 0.2) is 5.16 Å². The standard InChI is InChI=1S/C12H13ClN6OS/c1-6-2-3-7(13)4-8(6)16-9(20)5-21-12-18-10(14)17-11(15)19-12/h2-4H,5H2,1H3,(H,16,20)(H4,14,15,17,18,19). The van der Waals surface area contributed by atoms with Crippen molar-refractivity contribution in [1.82, 2.24) is 15.0 Å². The average Bonchev–Trinajstić information content (AvgIpc) is 2.40. The molecule has 1 aromatic heterocycles. The first-order chi connectivity index (χ1) is 9.94. The maximum atomic E-state index is 11.9. The molecule has 0 atom stereocenters. The molecule has 0 aliphatic carbocycles. The zero-order chi connectivity index (χ0) is 15.4. The van der Waals surface area contributed by atoms with E-state index in [4.69, 9.17) is 23.1 Å². The van der Waals surface area contributed by atoms with Crippen molar-refractivity contribution < 1.29 is 4.79 Å². The van der Waals surface area contributed by atoms with Crippen LogP contribution >= 0.6 is 23.4 Å². The van der Waals surface area contributed by atoms with Crippen LogP contribution in [-0.2, 0) is 4.79 Å². The minimum atomic E-state index is -0.206. The number of halogens is 1. The van der Waals surface area contributed by atoms with Gasteiger partial charge in [0.25, 0.3) is 0 Å². The maximum absolute atomic E-state index is 11.9. The van der Waals surface area contributed by atoms with E-state index in [1.54, 1.807) is 12.1 Å². The van der Waals surface area contributed by atoms with Crippen molar-refractivity contribution in [2.45, 2.75) is 12.1 Å². The Hall–Kier alpha value is -2.06. The molecule has 1 amide bonds. The first-order valence-electron chi connectivity index (χ1n) is 5.90. The van der Waals surface area contributed by atoms with Gasteiger partial charge in [-0.25, -0.2) is 0 Å². The van der Waals surface area contributed by atoms with Crippen LogP contribution in [0.3, 0.4) is 0 Å². The summed E-state index contributed by atoms with van der Waals surface area (Å²) >= 11 is 7.02. The van der Waals surface area contributed by atoms with Crippen molar-refractivity contribution in [3.63, 3.8) is 0 Å².